The molecule has 3 atom stereocenters. The number of carbonyl (C=O) groups is 6. The van der Waals surface area contributed by atoms with E-state index in [9.17, 15) is 28.8 Å². The van der Waals surface area contributed by atoms with Crippen LogP contribution in [0.3, 0.4) is 0 Å². The number of likely N-dealkylation sites (tertiary alicyclic amines) is 3. The second-order valence-electron chi connectivity index (χ2n) is 27.6. The van der Waals surface area contributed by atoms with Crippen LogP contribution in [0.2, 0.25) is 10.0 Å². The number of halogens is 2. The molecule has 6 aliphatic rings. The third kappa shape index (κ3) is 25.9. The van der Waals surface area contributed by atoms with Crippen molar-refractivity contribution in [1.82, 2.24) is 14.7 Å². The van der Waals surface area contributed by atoms with Crippen LogP contribution < -0.4 is 0 Å². The summed E-state index contributed by atoms with van der Waals surface area (Å²) in [5, 5.41) is 14.0. The second-order valence-corrected chi connectivity index (χ2v) is 28.4. The molecule has 0 N–H and O–H groups in total. The van der Waals surface area contributed by atoms with Gasteiger partial charge in [0.15, 0.2) is 19.8 Å². The van der Waals surface area contributed by atoms with Crippen LogP contribution in [0.1, 0.15) is 237 Å². The number of allylic oxidation sites excluding steroid dienone is 9. The fraction of sp³-hybridized carbons (Fsp3) is 0.536. The van der Waals surface area contributed by atoms with Gasteiger partial charge in [0.2, 0.25) is 0 Å². The topological polar surface area (TPSA) is 205 Å². The van der Waals surface area contributed by atoms with Crippen molar-refractivity contribution in [3.05, 3.63) is 174 Å². The van der Waals surface area contributed by atoms with E-state index < -0.39 is 0 Å². The molecule has 0 spiro atoms. The maximum Gasteiger partial charge on any atom is 0.338 e. The van der Waals surface area contributed by atoms with Crippen LogP contribution in [0.25, 0.3) is 0 Å². The maximum atomic E-state index is 13.0. The van der Waals surface area contributed by atoms with Crippen molar-refractivity contribution >= 4 is 76.0 Å². The lowest BCUT2D eigenvalue weighted by molar-refractivity contribution is -0.140. The van der Waals surface area contributed by atoms with Gasteiger partial charge >= 0.3 is 17.9 Å². The van der Waals surface area contributed by atoms with Crippen LogP contribution in [-0.2, 0) is 62.4 Å². The highest BCUT2D eigenvalue weighted by atomic mass is 35.5. The van der Waals surface area contributed by atoms with Crippen molar-refractivity contribution in [1.29, 1.82) is 0 Å². The largest absolute Gasteiger partial charge is 0.462 e. The van der Waals surface area contributed by atoms with Crippen molar-refractivity contribution in [2.24, 2.45) is 15.5 Å². The van der Waals surface area contributed by atoms with Crippen molar-refractivity contribution < 1.29 is 57.5 Å². The summed E-state index contributed by atoms with van der Waals surface area (Å²) in [4.78, 5) is 99.6. The molecule has 3 aromatic rings. The number of benzene rings is 3. The summed E-state index contributed by atoms with van der Waals surface area (Å²) >= 11 is 13.4. The van der Waals surface area contributed by atoms with Crippen molar-refractivity contribution in [3.8, 4) is 0 Å². The van der Waals surface area contributed by atoms with Crippen molar-refractivity contribution in [2.75, 3.05) is 59.3 Å². The minimum absolute atomic E-state index is 0.0124. The normalized spacial score (nSPS) is 21.8. The maximum absolute atomic E-state index is 13.0. The van der Waals surface area contributed by atoms with E-state index in [1.807, 2.05) is 129 Å². The molecule has 0 saturated carbocycles. The highest BCUT2D eigenvalue weighted by Gasteiger charge is 2.30. The molecule has 3 aromatic carbocycles. The number of fused-ring (bicyclic) bond motifs is 3. The number of nitrogens with zero attached hydrogens (tertiary/aromatic N) is 6. The number of esters is 3. The van der Waals surface area contributed by atoms with Gasteiger partial charge in [-0.1, -0.05) is 144 Å². The Morgan fingerprint density at radius 2 is 0.731 bits per heavy atom. The zero-order valence-corrected chi connectivity index (χ0v) is 64.7. The Kier molecular flexibility index (Phi) is 35.7. The lowest BCUT2D eigenvalue weighted by Crippen LogP contribution is -2.44. The van der Waals surface area contributed by atoms with Gasteiger partial charge in [-0.05, 0) is 239 Å². The third-order valence-electron chi connectivity index (χ3n) is 19.6. The van der Waals surface area contributed by atoms with Crippen LogP contribution in [0, 0.1) is 41.5 Å². The van der Waals surface area contributed by atoms with Gasteiger partial charge in [-0.15, -0.1) is 0 Å². The lowest BCUT2D eigenvalue weighted by atomic mass is 9.94. The van der Waals surface area contributed by atoms with E-state index >= 15 is 0 Å². The monoisotopic (exact) mass is 1470 g/mol. The zero-order valence-electron chi connectivity index (χ0n) is 63.1. The van der Waals surface area contributed by atoms with Gasteiger partial charge in [-0.2, -0.15) is 0 Å². The highest BCUT2D eigenvalue weighted by molar-refractivity contribution is 6.33. The molecule has 3 saturated heterocycles. The average molecular weight is 1470 g/mol. The molecule has 564 valence electrons. The average Bonchev–Trinajstić information content (AvgIpc) is 0.797. The number of oxime groups is 3. The highest BCUT2D eigenvalue weighted by Crippen LogP contribution is 2.32. The Balaban J connectivity index is 0.000000218. The summed E-state index contributed by atoms with van der Waals surface area (Å²) in [6.45, 7) is 21.0. The quantitative estimate of drug-likeness (QED) is 0.0719. The molecule has 9 rings (SSSR count). The fourth-order valence-electron chi connectivity index (χ4n) is 14.2. The number of amides is 3. The number of ether oxygens (including phenoxy) is 3. The van der Waals surface area contributed by atoms with Crippen LogP contribution in [0.4, 0.5) is 0 Å². The first-order valence-electron chi connectivity index (χ1n) is 37.9. The number of piperidine rings is 3. The summed E-state index contributed by atoms with van der Waals surface area (Å²) in [6, 6.07) is 8.64. The van der Waals surface area contributed by atoms with E-state index in [4.69, 9.17) is 51.9 Å². The standard InChI is InChI=1S/2C28H37ClN2O4.C28H38N2O4/c2*1-4-23-14-10-11-15-31(23)25(32)19-35-30-22-13-9-7-5-6-8-12-16-34-28(33)26-20(2)17-21(3)27(29)24(26)18-22;1-4-25-14-10-11-15-30(25)26(31)20-34-29-24-13-9-7-5-6-8-12-16-33-28(32)27-22(3)17-21(2)18-23(27)19-24/h2*6,8-9,13,17,23H,4-5,7,10-12,14-16,18-19H2,1-3H3;6,8-9,13,17-18,25H,4-5,7,10-12,14-16,19-20H2,1-3H3/b8-6+,13-9?,30-22+;8-6+,13-9?,30-22-;8-6+,13-9?,29-24+. The number of hydrogen-bond acceptors (Lipinski definition) is 15. The SMILES string of the molecule is CCC1CCCCN1C(=O)CO/N=C1/C=CCC/C=C/CCOC(=O)c2c(C)cc(C)c(Cl)c2C1.CCC1CCCCN1C(=O)CO/N=C1\C=CCC/C=C/CCOC(=O)c2c(C)cc(C)c(Cl)c2C1.CCC1CCCCN1C(=O)CO/N=C1\C=CCC/C=C/CCOC(=O)c2c(C)cc(C)cc2C1. The van der Waals surface area contributed by atoms with Gasteiger partial charge in [-0.3, -0.25) is 14.4 Å². The Morgan fingerprint density at radius 1 is 0.413 bits per heavy atom. The Morgan fingerprint density at radius 3 is 1.09 bits per heavy atom. The van der Waals surface area contributed by atoms with Gasteiger partial charge in [0.25, 0.3) is 17.7 Å². The van der Waals surface area contributed by atoms with Gasteiger partial charge < -0.3 is 43.4 Å². The molecule has 0 aromatic heterocycles. The Labute approximate surface area is 628 Å². The Hall–Kier alpha value is -8.09. The minimum Gasteiger partial charge on any atom is -0.462 e. The minimum atomic E-state index is -0.389. The van der Waals surface area contributed by atoms with Crippen LogP contribution in [0.15, 0.2) is 113 Å². The van der Waals surface area contributed by atoms with Crippen molar-refractivity contribution in [2.45, 2.75) is 235 Å². The van der Waals surface area contributed by atoms with E-state index in [0.717, 1.165) is 168 Å². The first-order chi connectivity index (χ1) is 50.3. The smallest absolute Gasteiger partial charge is 0.338 e. The molecule has 0 aliphatic carbocycles. The molecular weight excluding hydrogens is 1360 g/mol. The molecule has 3 amide bonds. The molecule has 0 radical (unpaired) electrons. The predicted octanol–water partition coefficient (Wildman–Crippen LogP) is 17.7. The first-order valence-corrected chi connectivity index (χ1v) is 38.7. The molecule has 20 heteroatoms. The Bertz CT molecular complexity index is 3540. The number of carbonyl (C=O) groups excluding carboxylic acids is 6. The number of rotatable bonds is 12. The number of hydrogen-bond donors (Lipinski definition) is 0. The number of cyclic esters (lactones) is 3. The van der Waals surface area contributed by atoms with E-state index in [0.29, 0.717) is 119 Å². The summed E-state index contributed by atoms with van der Waals surface area (Å²) in [5.74, 6) is -1.18. The molecule has 0 bridgehead atoms. The molecule has 6 aliphatic heterocycles. The van der Waals surface area contributed by atoms with Crippen LogP contribution in [0.5, 0.6) is 0 Å². The lowest BCUT2D eigenvalue weighted by Gasteiger charge is -2.34. The van der Waals surface area contributed by atoms with Crippen LogP contribution >= 0.6 is 23.2 Å². The van der Waals surface area contributed by atoms with Gasteiger partial charge in [-0.25, -0.2) is 14.4 Å². The van der Waals surface area contributed by atoms with E-state index in [1.54, 1.807) is 0 Å². The predicted molar refractivity (Wildman–Crippen MR) is 415 cm³/mol. The zero-order chi connectivity index (χ0) is 74.8. The van der Waals surface area contributed by atoms with Gasteiger partial charge in [0, 0.05) is 67.1 Å². The van der Waals surface area contributed by atoms with Gasteiger partial charge in [0.05, 0.1) is 53.6 Å². The second kappa shape index (κ2) is 44.7. The molecule has 18 nitrogen and oxygen atoms in total. The summed E-state index contributed by atoms with van der Waals surface area (Å²) in [6.07, 6.45) is 45.1. The van der Waals surface area contributed by atoms with E-state index in [1.165, 1.54) is 6.42 Å². The molecule has 104 heavy (non-hydrogen) atoms. The summed E-state index contributed by atoms with van der Waals surface area (Å²) in [7, 11) is 0. The number of aryl methyl sites for hydroxylation is 6. The van der Waals surface area contributed by atoms with Crippen molar-refractivity contribution in [3.63, 3.8) is 0 Å². The summed E-state index contributed by atoms with van der Waals surface area (Å²) in [5.41, 5.74) is 11.0. The third-order valence-corrected chi connectivity index (χ3v) is 20.6. The molecule has 3 fully saturated rings. The van der Waals surface area contributed by atoms with E-state index in [-0.39, 0.29) is 67.5 Å². The van der Waals surface area contributed by atoms with E-state index in [2.05, 4.69) is 60.5 Å². The molecular formula is C84H112Cl2N6O12. The molecule has 3 unspecified atom stereocenters. The first kappa shape index (κ1) is 83.2. The van der Waals surface area contributed by atoms with Crippen LogP contribution in [-0.4, -0.2) is 145 Å². The summed E-state index contributed by atoms with van der Waals surface area (Å²) < 4.78 is 16.6. The molecule has 6 heterocycles. The van der Waals surface area contributed by atoms with Gasteiger partial charge in [0.1, 0.15) is 0 Å². The fourth-order valence-corrected chi connectivity index (χ4v) is 14.7.